The van der Waals surface area contributed by atoms with Gasteiger partial charge in [0.05, 0.1) is 5.92 Å². The molecule has 17 heavy (non-hydrogen) atoms. The molecule has 0 aromatic heterocycles. The van der Waals surface area contributed by atoms with Crippen molar-refractivity contribution in [3.63, 3.8) is 0 Å². The molecule has 3 N–H and O–H groups in total. The Balaban J connectivity index is 2.39. The van der Waals surface area contributed by atoms with Crippen LogP contribution in [0.4, 0.5) is 13.2 Å². The van der Waals surface area contributed by atoms with Crippen LogP contribution in [0.1, 0.15) is 11.5 Å². The maximum atomic E-state index is 12.7. The number of nitrogens with two attached hydrogens (primary N) is 1. The van der Waals surface area contributed by atoms with Gasteiger partial charge in [-0.2, -0.15) is 13.2 Å². The van der Waals surface area contributed by atoms with E-state index in [1.54, 1.807) is 18.2 Å². The molecule has 1 aromatic rings. The monoisotopic (exact) mass is 245 g/mol. The van der Waals surface area contributed by atoms with E-state index in [-0.39, 0.29) is 0 Å². The van der Waals surface area contributed by atoms with E-state index in [0.717, 1.165) is 0 Å². The molecule has 1 aliphatic carbocycles. The minimum atomic E-state index is -4.60. The lowest BCUT2D eigenvalue weighted by Crippen LogP contribution is -2.39. The predicted octanol–water partition coefficient (Wildman–Crippen LogP) is 1.74. The summed E-state index contributed by atoms with van der Waals surface area (Å²) >= 11 is 0. The number of rotatable bonds is 2. The summed E-state index contributed by atoms with van der Waals surface area (Å²) < 4.78 is 38.1. The maximum absolute atomic E-state index is 12.7. The number of benzene rings is 1. The topological polar surface area (TPSA) is 63.3 Å². The minimum Gasteiger partial charge on any atom is -0.480 e. The quantitative estimate of drug-likeness (QED) is 0.834. The van der Waals surface area contributed by atoms with E-state index < -0.39 is 29.5 Å². The summed E-state index contributed by atoms with van der Waals surface area (Å²) in [6.07, 6.45) is -4.60. The molecule has 3 atom stereocenters. The molecule has 1 saturated carbocycles. The van der Waals surface area contributed by atoms with Crippen LogP contribution in [0.25, 0.3) is 0 Å². The van der Waals surface area contributed by atoms with Crippen molar-refractivity contribution in [1.82, 2.24) is 0 Å². The Hall–Kier alpha value is -1.56. The number of hydrogen-bond acceptors (Lipinski definition) is 2. The largest absolute Gasteiger partial charge is 0.480 e. The number of carboxylic acid groups (broad SMARTS) is 1. The van der Waals surface area contributed by atoms with E-state index in [2.05, 4.69) is 0 Å². The van der Waals surface area contributed by atoms with E-state index in [1.165, 1.54) is 12.1 Å². The van der Waals surface area contributed by atoms with Gasteiger partial charge < -0.3 is 10.8 Å². The third-order valence-electron chi connectivity index (χ3n) is 3.14. The van der Waals surface area contributed by atoms with Crippen molar-refractivity contribution in [2.75, 3.05) is 0 Å². The summed E-state index contributed by atoms with van der Waals surface area (Å²) in [5.41, 5.74) is 3.45. The standard InChI is InChI=1S/C11H10F3NO2/c12-11(13,14)8-7(10(8,15)9(16)17)6-4-2-1-3-5-6/h1-5,7-8H,15H2,(H,16,17)/t7-,8-,10-/m1/s1. The van der Waals surface area contributed by atoms with Crippen molar-refractivity contribution in [2.45, 2.75) is 17.6 Å². The predicted molar refractivity (Wildman–Crippen MR) is 53.3 cm³/mol. The van der Waals surface area contributed by atoms with Crippen LogP contribution in [0.5, 0.6) is 0 Å². The SMILES string of the molecule is N[C@]1(C(=O)O)[C@H](c2ccccc2)[C@H]1C(F)(F)F. The molecule has 0 saturated heterocycles. The Morgan fingerprint density at radius 1 is 1.29 bits per heavy atom. The number of carboxylic acids is 1. The van der Waals surface area contributed by atoms with Crippen molar-refractivity contribution in [3.8, 4) is 0 Å². The molecule has 0 amide bonds. The van der Waals surface area contributed by atoms with Gasteiger partial charge in [-0.1, -0.05) is 30.3 Å². The first-order valence-electron chi connectivity index (χ1n) is 4.93. The zero-order valence-corrected chi connectivity index (χ0v) is 8.61. The summed E-state index contributed by atoms with van der Waals surface area (Å²) in [6, 6.07) is 7.68. The number of alkyl halides is 3. The Kier molecular flexibility index (Phi) is 2.43. The first-order chi connectivity index (χ1) is 7.79. The molecule has 0 spiro atoms. The van der Waals surface area contributed by atoms with Gasteiger partial charge in [0.25, 0.3) is 0 Å². The summed E-state index contributed by atoms with van der Waals surface area (Å²) in [7, 11) is 0. The van der Waals surface area contributed by atoms with Gasteiger partial charge in [-0.05, 0) is 5.56 Å². The van der Waals surface area contributed by atoms with Crippen LogP contribution < -0.4 is 5.73 Å². The van der Waals surface area contributed by atoms with Gasteiger partial charge in [0.1, 0.15) is 5.54 Å². The lowest BCUT2D eigenvalue weighted by Gasteiger charge is -2.07. The molecular formula is C11H10F3NO2. The highest BCUT2D eigenvalue weighted by Crippen LogP contribution is 2.62. The number of halogens is 3. The molecule has 0 unspecified atom stereocenters. The fraction of sp³-hybridized carbons (Fsp3) is 0.364. The van der Waals surface area contributed by atoms with Gasteiger partial charge in [-0.25, -0.2) is 0 Å². The second-order valence-electron chi connectivity index (χ2n) is 4.15. The van der Waals surface area contributed by atoms with E-state index >= 15 is 0 Å². The fourth-order valence-electron chi connectivity index (χ4n) is 2.26. The lowest BCUT2D eigenvalue weighted by atomic mass is 10.1. The van der Waals surface area contributed by atoms with E-state index in [0.29, 0.717) is 5.56 Å². The van der Waals surface area contributed by atoms with E-state index in [9.17, 15) is 18.0 Å². The van der Waals surface area contributed by atoms with Crippen LogP contribution in [0.3, 0.4) is 0 Å². The number of aliphatic carboxylic acids is 1. The zero-order valence-electron chi connectivity index (χ0n) is 8.61. The molecule has 0 radical (unpaired) electrons. The van der Waals surface area contributed by atoms with Gasteiger partial charge >= 0.3 is 12.1 Å². The molecule has 92 valence electrons. The summed E-state index contributed by atoms with van der Waals surface area (Å²) in [5.74, 6) is -4.84. The average Bonchev–Trinajstić information content (AvgIpc) is 2.88. The van der Waals surface area contributed by atoms with Gasteiger partial charge in [-0.3, -0.25) is 4.79 Å². The first kappa shape index (κ1) is 11.9. The van der Waals surface area contributed by atoms with Crippen LogP contribution in [-0.4, -0.2) is 22.8 Å². The highest BCUT2D eigenvalue weighted by atomic mass is 19.4. The molecule has 1 fully saturated rings. The molecule has 6 heteroatoms. The normalized spacial score (nSPS) is 32.2. The van der Waals surface area contributed by atoms with E-state index in [4.69, 9.17) is 10.8 Å². The van der Waals surface area contributed by atoms with Crippen molar-refractivity contribution < 1.29 is 23.1 Å². The van der Waals surface area contributed by atoms with Crippen molar-refractivity contribution in [3.05, 3.63) is 35.9 Å². The smallest absolute Gasteiger partial charge is 0.394 e. The lowest BCUT2D eigenvalue weighted by molar-refractivity contribution is -0.162. The molecule has 1 aromatic carbocycles. The summed E-state index contributed by atoms with van der Waals surface area (Å²) in [4.78, 5) is 10.9. The van der Waals surface area contributed by atoms with Gasteiger partial charge in [-0.15, -0.1) is 0 Å². The molecular weight excluding hydrogens is 235 g/mol. The van der Waals surface area contributed by atoms with E-state index in [1.807, 2.05) is 0 Å². The van der Waals surface area contributed by atoms with Crippen LogP contribution in [0, 0.1) is 5.92 Å². The maximum Gasteiger partial charge on any atom is 0.394 e. The van der Waals surface area contributed by atoms with Crippen molar-refractivity contribution in [1.29, 1.82) is 0 Å². The van der Waals surface area contributed by atoms with Crippen molar-refractivity contribution in [2.24, 2.45) is 11.7 Å². The third-order valence-corrected chi connectivity index (χ3v) is 3.14. The Labute approximate surface area is 95.0 Å². The van der Waals surface area contributed by atoms with Crippen LogP contribution in [-0.2, 0) is 4.79 Å². The minimum absolute atomic E-state index is 0.305. The average molecular weight is 245 g/mol. The second kappa shape index (κ2) is 3.46. The molecule has 1 aliphatic rings. The number of carbonyl (C=O) groups is 1. The molecule has 0 bridgehead atoms. The second-order valence-corrected chi connectivity index (χ2v) is 4.15. The fourth-order valence-corrected chi connectivity index (χ4v) is 2.26. The van der Waals surface area contributed by atoms with Crippen LogP contribution in [0.15, 0.2) is 30.3 Å². The zero-order chi connectivity index (χ0) is 12.8. The van der Waals surface area contributed by atoms with Gasteiger partial charge in [0.2, 0.25) is 0 Å². The number of hydrogen-bond donors (Lipinski definition) is 2. The third kappa shape index (κ3) is 1.68. The molecule has 2 rings (SSSR count). The Morgan fingerprint density at radius 2 is 1.82 bits per heavy atom. The summed E-state index contributed by atoms with van der Waals surface area (Å²) in [6.45, 7) is 0. The van der Waals surface area contributed by atoms with Gasteiger partial charge in [0, 0.05) is 5.92 Å². The summed E-state index contributed by atoms with van der Waals surface area (Å²) in [5, 5.41) is 8.85. The highest BCUT2D eigenvalue weighted by molar-refractivity contribution is 5.86. The highest BCUT2D eigenvalue weighted by Gasteiger charge is 2.77. The van der Waals surface area contributed by atoms with Gasteiger partial charge in [0.15, 0.2) is 0 Å². The Morgan fingerprint density at radius 3 is 2.18 bits per heavy atom. The molecule has 0 heterocycles. The van der Waals surface area contributed by atoms with Crippen LogP contribution >= 0.6 is 0 Å². The van der Waals surface area contributed by atoms with Crippen molar-refractivity contribution >= 4 is 5.97 Å². The molecule has 0 aliphatic heterocycles. The first-order valence-corrected chi connectivity index (χ1v) is 4.93. The molecule has 3 nitrogen and oxygen atoms in total. The van der Waals surface area contributed by atoms with Crippen LogP contribution in [0.2, 0.25) is 0 Å². The Bertz CT molecular complexity index is 446.